The quantitative estimate of drug-likeness (QED) is 0.461. The molecule has 166 valence electrons. The summed E-state index contributed by atoms with van der Waals surface area (Å²) in [5, 5.41) is 4.42. The number of primary amides is 1. The van der Waals surface area contributed by atoms with Gasteiger partial charge in [-0.15, -0.1) is 0 Å². The Morgan fingerprint density at radius 1 is 1.03 bits per heavy atom. The zero-order chi connectivity index (χ0) is 22.8. The molecule has 0 radical (unpaired) electrons. The summed E-state index contributed by atoms with van der Waals surface area (Å²) in [5.41, 5.74) is 9.38. The minimum Gasteiger partial charge on any atom is -0.497 e. The van der Waals surface area contributed by atoms with E-state index in [0.717, 1.165) is 52.6 Å². The van der Waals surface area contributed by atoms with Crippen molar-refractivity contribution in [1.82, 2.24) is 15.0 Å². The lowest BCUT2D eigenvalue weighted by molar-refractivity contribution is -0.121. The summed E-state index contributed by atoms with van der Waals surface area (Å²) in [4.78, 5) is 25.8. The van der Waals surface area contributed by atoms with Gasteiger partial charge in [-0.2, -0.15) is 0 Å². The summed E-state index contributed by atoms with van der Waals surface area (Å²) in [6.45, 7) is 0. The van der Waals surface area contributed by atoms with Crippen LogP contribution < -0.4 is 15.8 Å². The lowest BCUT2D eigenvalue weighted by atomic mass is 10.0. The van der Waals surface area contributed by atoms with Gasteiger partial charge < -0.3 is 15.8 Å². The van der Waals surface area contributed by atoms with E-state index in [2.05, 4.69) is 16.4 Å². The third-order valence-corrected chi connectivity index (χ3v) is 6.22. The second kappa shape index (κ2) is 8.86. The summed E-state index contributed by atoms with van der Waals surface area (Å²) in [5.74, 6) is 1.60. The Morgan fingerprint density at radius 2 is 1.88 bits per heavy atom. The second-order valence-electron chi connectivity index (χ2n) is 8.29. The van der Waals surface area contributed by atoms with E-state index in [4.69, 9.17) is 20.4 Å². The van der Waals surface area contributed by atoms with E-state index in [1.165, 1.54) is 0 Å². The van der Waals surface area contributed by atoms with Crippen LogP contribution in [0.15, 0.2) is 67.0 Å². The predicted octanol–water partition coefficient (Wildman–Crippen LogP) is 4.43. The van der Waals surface area contributed by atoms with Crippen molar-refractivity contribution in [3.63, 3.8) is 0 Å². The van der Waals surface area contributed by atoms with Gasteiger partial charge in [0.15, 0.2) is 5.82 Å². The third kappa shape index (κ3) is 4.22. The standard InChI is InChI=1S/C26H25N5O2/c1-33-19-7-2-5-16(13-19)17-10-11-23-21(14-17)26(30-22-9-3-8-20(22)24(27)32)31-25(29-23)18-6-4-12-28-15-18/h2,4-7,10-15,20,22H,3,8-9H2,1H3,(H2,27,32)(H,29,30,31)/t20-,22+/m1/s1. The molecule has 7 nitrogen and oxygen atoms in total. The number of aromatic nitrogens is 3. The molecule has 1 aliphatic rings. The highest BCUT2D eigenvalue weighted by molar-refractivity contribution is 5.94. The summed E-state index contributed by atoms with van der Waals surface area (Å²) < 4.78 is 5.39. The molecule has 33 heavy (non-hydrogen) atoms. The fraction of sp³-hybridized carbons (Fsp3) is 0.231. The molecule has 0 unspecified atom stereocenters. The molecular weight excluding hydrogens is 414 g/mol. The molecule has 1 fully saturated rings. The van der Waals surface area contributed by atoms with E-state index in [1.54, 1.807) is 19.5 Å². The van der Waals surface area contributed by atoms with Crippen molar-refractivity contribution in [3.8, 4) is 28.3 Å². The molecule has 2 aromatic heterocycles. The zero-order valence-corrected chi connectivity index (χ0v) is 18.4. The van der Waals surface area contributed by atoms with Crippen molar-refractivity contribution >= 4 is 22.6 Å². The Kier molecular flexibility index (Phi) is 5.60. The highest BCUT2D eigenvalue weighted by Crippen LogP contribution is 2.34. The molecule has 5 rings (SSSR count). The van der Waals surface area contributed by atoms with Crippen LogP contribution in [0, 0.1) is 5.92 Å². The number of anilines is 1. The molecule has 2 aromatic carbocycles. The van der Waals surface area contributed by atoms with Gasteiger partial charge in [-0.1, -0.05) is 24.6 Å². The van der Waals surface area contributed by atoms with Crippen molar-refractivity contribution in [2.45, 2.75) is 25.3 Å². The summed E-state index contributed by atoms with van der Waals surface area (Å²) in [6, 6.07) is 17.8. The molecular formula is C26H25N5O2. The molecule has 7 heteroatoms. The number of hydrogen-bond donors (Lipinski definition) is 2. The van der Waals surface area contributed by atoms with Crippen LogP contribution in [0.3, 0.4) is 0 Å². The second-order valence-corrected chi connectivity index (χ2v) is 8.29. The normalized spacial score (nSPS) is 17.7. The molecule has 4 aromatic rings. The van der Waals surface area contributed by atoms with Crippen LogP contribution >= 0.6 is 0 Å². The Labute approximate surface area is 192 Å². The minimum absolute atomic E-state index is 0.0529. The van der Waals surface area contributed by atoms with Gasteiger partial charge in [0.25, 0.3) is 0 Å². The van der Waals surface area contributed by atoms with Crippen molar-refractivity contribution in [2.24, 2.45) is 11.7 Å². The zero-order valence-electron chi connectivity index (χ0n) is 18.4. The number of methoxy groups -OCH3 is 1. The van der Waals surface area contributed by atoms with Gasteiger partial charge in [0.1, 0.15) is 11.6 Å². The van der Waals surface area contributed by atoms with Gasteiger partial charge in [-0.05, 0) is 60.4 Å². The maximum atomic E-state index is 12.0. The fourth-order valence-corrected chi connectivity index (χ4v) is 4.49. The first kappa shape index (κ1) is 20.9. The number of nitrogens with two attached hydrogens (primary N) is 1. The number of carbonyl (C=O) groups excluding carboxylic acids is 1. The first-order chi connectivity index (χ1) is 16.1. The lowest BCUT2D eigenvalue weighted by Gasteiger charge is -2.20. The summed E-state index contributed by atoms with van der Waals surface area (Å²) in [7, 11) is 1.66. The van der Waals surface area contributed by atoms with Gasteiger partial charge in [-0.3, -0.25) is 9.78 Å². The number of ether oxygens (including phenoxy) is 1. The number of fused-ring (bicyclic) bond motifs is 1. The van der Waals surface area contributed by atoms with Gasteiger partial charge in [0.2, 0.25) is 5.91 Å². The Morgan fingerprint density at radius 3 is 2.67 bits per heavy atom. The smallest absolute Gasteiger partial charge is 0.222 e. The van der Waals surface area contributed by atoms with Crippen molar-refractivity contribution in [2.75, 3.05) is 12.4 Å². The largest absolute Gasteiger partial charge is 0.497 e. The average Bonchev–Trinajstić information content (AvgIpc) is 3.33. The van der Waals surface area contributed by atoms with Crippen LogP contribution in [0.1, 0.15) is 19.3 Å². The Balaban J connectivity index is 1.63. The van der Waals surface area contributed by atoms with Crippen LogP contribution in [-0.4, -0.2) is 34.0 Å². The van der Waals surface area contributed by atoms with Gasteiger partial charge in [0, 0.05) is 29.4 Å². The molecule has 1 aliphatic carbocycles. The topological polar surface area (TPSA) is 103 Å². The van der Waals surface area contributed by atoms with Gasteiger partial charge in [-0.25, -0.2) is 9.97 Å². The Hall–Kier alpha value is -4.00. The molecule has 0 aliphatic heterocycles. The molecule has 1 amide bonds. The monoisotopic (exact) mass is 439 g/mol. The van der Waals surface area contributed by atoms with Gasteiger partial charge in [0.05, 0.1) is 18.5 Å². The number of benzene rings is 2. The van der Waals surface area contributed by atoms with E-state index >= 15 is 0 Å². The average molecular weight is 440 g/mol. The summed E-state index contributed by atoms with van der Waals surface area (Å²) in [6.07, 6.45) is 6.09. The minimum atomic E-state index is -0.270. The van der Waals surface area contributed by atoms with Crippen molar-refractivity contribution in [1.29, 1.82) is 0 Å². The van der Waals surface area contributed by atoms with Crippen LogP contribution in [0.25, 0.3) is 33.4 Å². The first-order valence-corrected chi connectivity index (χ1v) is 11.0. The maximum absolute atomic E-state index is 12.0. The fourth-order valence-electron chi connectivity index (χ4n) is 4.49. The first-order valence-electron chi connectivity index (χ1n) is 11.0. The Bertz CT molecular complexity index is 1310. The number of nitrogens with one attached hydrogen (secondary N) is 1. The van der Waals surface area contributed by atoms with Gasteiger partial charge >= 0.3 is 0 Å². The maximum Gasteiger partial charge on any atom is 0.222 e. The van der Waals surface area contributed by atoms with E-state index in [9.17, 15) is 4.79 Å². The number of nitrogens with zero attached hydrogens (tertiary/aromatic N) is 3. The van der Waals surface area contributed by atoms with E-state index in [0.29, 0.717) is 11.6 Å². The molecule has 0 bridgehead atoms. The van der Waals surface area contributed by atoms with Crippen LogP contribution in [-0.2, 0) is 4.79 Å². The third-order valence-electron chi connectivity index (χ3n) is 6.22. The SMILES string of the molecule is COc1cccc(-c2ccc3nc(-c4cccnc4)nc(N[C@H]4CCC[C@H]4C(N)=O)c3c2)c1. The molecule has 0 saturated heterocycles. The summed E-state index contributed by atoms with van der Waals surface area (Å²) >= 11 is 0. The number of pyridine rings is 1. The molecule has 2 atom stereocenters. The van der Waals surface area contributed by atoms with Crippen molar-refractivity contribution < 1.29 is 9.53 Å². The number of carbonyl (C=O) groups is 1. The van der Waals surface area contributed by atoms with E-state index < -0.39 is 0 Å². The number of hydrogen-bond acceptors (Lipinski definition) is 6. The van der Waals surface area contributed by atoms with Crippen LogP contribution in [0.4, 0.5) is 5.82 Å². The highest BCUT2D eigenvalue weighted by atomic mass is 16.5. The predicted molar refractivity (Wildman–Crippen MR) is 129 cm³/mol. The molecule has 3 N–H and O–H groups in total. The van der Waals surface area contributed by atoms with Crippen LogP contribution in [0.2, 0.25) is 0 Å². The molecule has 2 heterocycles. The number of rotatable bonds is 6. The molecule has 0 spiro atoms. The van der Waals surface area contributed by atoms with Crippen molar-refractivity contribution in [3.05, 3.63) is 67.0 Å². The van der Waals surface area contributed by atoms with Crippen LogP contribution in [0.5, 0.6) is 5.75 Å². The highest BCUT2D eigenvalue weighted by Gasteiger charge is 2.32. The van der Waals surface area contributed by atoms with E-state index in [-0.39, 0.29) is 17.9 Å². The lowest BCUT2D eigenvalue weighted by Crippen LogP contribution is -2.34. The molecule has 1 saturated carbocycles. The number of amides is 1. The van der Waals surface area contributed by atoms with E-state index in [1.807, 2.05) is 48.5 Å².